The summed E-state index contributed by atoms with van der Waals surface area (Å²) in [6.45, 7) is 5.56. The number of halogens is 6. The maximum absolute atomic E-state index is 11.8. The van der Waals surface area contributed by atoms with Gasteiger partial charge in [-0.1, -0.05) is 60.7 Å². The van der Waals surface area contributed by atoms with Crippen LogP contribution in [0.25, 0.3) is 0 Å². The van der Waals surface area contributed by atoms with Gasteiger partial charge in [0.25, 0.3) is 5.91 Å². The zero-order valence-corrected chi connectivity index (χ0v) is 40.1. The fraction of sp³-hybridized carbons (Fsp3) is 0.345. The Morgan fingerprint density at radius 1 is 0.917 bits per heavy atom. The number of primary amides is 1. The number of hydrogen-bond acceptors (Lipinski definition) is 9. The topological polar surface area (TPSA) is 202 Å². The third kappa shape index (κ3) is 27.5. The number of nitrogens with two attached hydrogens (primary N) is 2. The van der Waals surface area contributed by atoms with Crippen LogP contribution in [0.2, 0.25) is 0 Å². The molecule has 7 N–H and O–H groups in total. The number of hydrogen-bond donors (Lipinski definition) is 5. The van der Waals surface area contributed by atoms with Crippen molar-refractivity contribution in [3.05, 3.63) is 83.9 Å². The molecular formula is C29H42I6N9O4-. The van der Waals surface area contributed by atoms with Crippen LogP contribution in [-0.4, -0.2) is 89.1 Å². The first-order valence-electron chi connectivity index (χ1n) is 13.6. The van der Waals surface area contributed by atoms with Crippen molar-refractivity contribution >= 4 is 128 Å². The van der Waals surface area contributed by atoms with E-state index in [1.54, 1.807) is 45.0 Å². The van der Waals surface area contributed by atoms with Crippen molar-refractivity contribution in [2.24, 2.45) is 16.5 Å². The van der Waals surface area contributed by atoms with Crippen LogP contribution in [0.15, 0.2) is 72.0 Å². The number of carbonyl (C=O) groups excluding carboxylic acids is 4. The average molecular weight is 1340 g/mol. The Morgan fingerprint density at radius 3 is 1.69 bits per heavy atom. The maximum atomic E-state index is 11.8. The molecule has 1 aromatic heterocycles. The Hall–Kier alpha value is -0.210. The molecule has 2 aromatic carbocycles. The fourth-order valence-electron chi connectivity index (χ4n) is 2.84. The summed E-state index contributed by atoms with van der Waals surface area (Å²) in [5.74, 6) is -0.00997. The summed E-state index contributed by atoms with van der Waals surface area (Å²) in [4.78, 5) is 54.5. The molecule has 1 heterocycles. The molecule has 0 aliphatic heterocycles. The molecule has 0 radical (unpaired) electrons. The van der Waals surface area contributed by atoms with Gasteiger partial charge in [0.15, 0.2) is 11.6 Å². The van der Waals surface area contributed by atoms with Crippen LogP contribution in [0.4, 0.5) is 0 Å². The Morgan fingerprint density at radius 2 is 1.33 bits per heavy atom. The Bertz CT molecular complexity index is 1290. The van der Waals surface area contributed by atoms with E-state index in [1.807, 2.05) is 55.5 Å². The van der Waals surface area contributed by atoms with Crippen molar-refractivity contribution in [1.82, 2.24) is 30.7 Å². The van der Waals surface area contributed by atoms with Crippen LogP contribution in [0.1, 0.15) is 53.4 Å². The van der Waals surface area contributed by atoms with Crippen LogP contribution in [0.5, 0.6) is 0 Å². The van der Waals surface area contributed by atoms with Crippen LogP contribution in [0.3, 0.4) is 0 Å². The molecule has 3 unspecified atom stereocenters. The molecule has 0 saturated heterocycles. The zero-order valence-electron chi connectivity index (χ0n) is 26.9. The van der Waals surface area contributed by atoms with E-state index in [2.05, 4.69) is 111 Å². The van der Waals surface area contributed by atoms with Gasteiger partial charge in [0.1, 0.15) is 12.2 Å². The minimum atomic E-state index is -0.509. The Kier molecular flexibility index (Phi) is 36.8. The monoisotopic (exact) mass is 1340 g/mol. The molecule has 3 rings (SSSR count). The molecule has 48 heavy (non-hydrogen) atoms. The molecular weight excluding hydrogens is 1300 g/mol. The molecule has 0 aliphatic rings. The van der Waals surface area contributed by atoms with Gasteiger partial charge in [0.2, 0.25) is 5.91 Å². The Balaban J connectivity index is -0.000000639. The second kappa shape index (κ2) is 33.9. The number of aromatic nitrogens is 3. The number of nitrogens with one attached hydrogen (secondary N) is 3. The predicted octanol–water partition coefficient (Wildman–Crippen LogP) is 2.29. The van der Waals surface area contributed by atoms with E-state index in [0.29, 0.717) is 24.4 Å². The number of H-pyrrole nitrogens is 1. The van der Waals surface area contributed by atoms with E-state index in [1.165, 1.54) is 12.7 Å². The first-order valence-corrected chi connectivity index (χ1v) is 32.5. The number of amides is 2. The van der Waals surface area contributed by atoms with E-state index in [0.717, 1.165) is 5.82 Å². The molecule has 270 valence electrons. The van der Waals surface area contributed by atoms with Crippen molar-refractivity contribution in [3.8, 4) is 0 Å². The summed E-state index contributed by atoms with van der Waals surface area (Å²) in [7, 11) is 3.57. The molecule has 0 bridgehead atoms. The summed E-state index contributed by atoms with van der Waals surface area (Å²) in [5.41, 5.74) is 11.0. The van der Waals surface area contributed by atoms with Gasteiger partial charge in [0, 0.05) is 62.5 Å². The fourth-order valence-corrected chi connectivity index (χ4v) is 2.84. The standard InChI is InChI=1S/C14H19N3O2.C12H14N4O.C3H8N2O.I3.I2.HI/c1-11(14(19)16-10-17(2)3)15-9-13(18)12-7-5-4-6-8-12;1-9(12-14-8-15-16-12)13-7-11(17)10-5-3-2-4-6-10;1-2(4)3(5)6;1-3-2;1-2;/h4-8,10-11,15H,9H2,1-3H3;2-6,8-9,13H,7H2,1H3,(H,14,15,16);2H,4H2,1H3,(H2,5,6);;;1H/q;;;-1;;. The van der Waals surface area contributed by atoms with Crippen LogP contribution < -0.4 is 35.4 Å². The zero-order chi connectivity index (χ0) is 36.2. The molecule has 3 atom stereocenters. The van der Waals surface area contributed by atoms with Gasteiger partial charge in [0.05, 0.1) is 37.6 Å². The number of ketones is 2. The van der Waals surface area contributed by atoms with Gasteiger partial charge < -0.3 is 21.7 Å². The molecule has 0 spiro atoms. The van der Waals surface area contributed by atoms with Gasteiger partial charge in [-0.05, 0) is 20.8 Å². The van der Waals surface area contributed by atoms with Crippen LogP contribution in [-0.2, 0) is 9.59 Å². The summed E-state index contributed by atoms with van der Waals surface area (Å²) in [6, 6.07) is 17.2. The first kappa shape index (κ1) is 52.2. The number of aromatic amines is 1. The van der Waals surface area contributed by atoms with Crippen molar-refractivity contribution in [2.45, 2.75) is 38.9 Å². The second-order valence-corrected chi connectivity index (χ2v) is 25.7. The molecule has 13 nitrogen and oxygen atoms in total. The third-order valence-corrected chi connectivity index (χ3v) is 5.41. The SMILES string of the molecule is CC(N)C(N)=O.CC(NCC(=O)c1ccccc1)C(=O)N=CN(C)C.CC(NCC(=O)c1ccccc1)c1ncn[nH]1.I.II.I[I-]I. The number of aliphatic imine (C=N–C) groups is 1. The van der Waals surface area contributed by atoms with Crippen molar-refractivity contribution < 1.29 is 32.4 Å². The average Bonchev–Trinajstić information content (AvgIpc) is 3.63. The molecule has 0 fully saturated rings. The minimum absolute atomic E-state index is 0. The number of Topliss-reactive ketones (excluding diaryl/α,β-unsaturated/α-hetero) is 2. The summed E-state index contributed by atoms with van der Waals surface area (Å²) >= 11 is 9.54. The normalized spacial score (nSPS) is 11.5. The number of nitrogens with zero attached hydrogens (tertiary/aromatic N) is 4. The van der Waals surface area contributed by atoms with E-state index in [4.69, 9.17) is 5.73 Å². The summed E-state index contributed by atoms with van der Waals surface area (Å²) in [6.07, 6.45) is 2.89. The molecule has 2 amide bonds. The van der Waals surface area contributed by atoms with Gasteiger partial charge in [-0.25, -0.2) is 9.98 Å². The number of rotatable bonds is 12. The van der Waals surface area contributed by atoms with E-state index in [-0.39, 0.29) is 60.6 Å². The van der Waals surface area contributed by atoms with E-state index < -0.39 is 18.0 Å². The molecule has 0 saturated carbocycles. The van der Waals surface area contributed by atoms with Gasteiger partial charge >= 0.3 is 50.5 Å². The van der Waals surface area contributed by atoms with E-state index >= 15 is 0 Å². The molecule has 0 aliphatic carbocycles. The van der Waals surface area contributed by atoms with Crippen molar-refractivity contribution in [2.75, 3.05) is 27.2 Å². The van der Waals surface area contributed by atoms with Gasteiger partial charge in [-0.3, -0.25) is 29.6 Å². The second-order valence-electron chi connectivity index (χ2n) is 9.45. The predicted molar refractivity (Wildman–Crippen MR) is 233 cm³/mol. The quantitative estimate of drug-likeness (QED) is 0.0776. The summed E-state index contributed by atoms with van der Waals surface area (Å²) < 4.78 is 0. The van der Waals surface area contributed by atoms with Gasteiger partial charge in [-0.15, -0.1) is 24.0 Å². The molecule has 19 heteroatoms. The third-order valence-electron chi connectivity index (χ3n) is 5.41. The van der Waals surface area contributed by atoms with Gasteiger partial charge in [-0.2, -0.15) is 5.10 Å². The first-order chi connectivity index (χ1) is 22.3. The number of carbonyl (C=O) groups is 4. The van der Waals surface area contributed by atoms with Crippen molar-refractivity contribution in [3.63, 3.8) is 0 Å². The Labute approximate surface area is 352 Å². The molecule has 3 aromatic rings. The number of benzene rings is 2. The van der Waals surface area contributed by atoms with Crippen LogP contribution >= 0.6 is 98.4 Å². The van der Waals surface area contributed by atoms with Crippen molar-refractivity contribution in [1.29, 1.82) is 0 Å². The summed E-state index contributed by atoms with van der Waals surface area (Å²) in [5, 5.41) is 12.5. The van der Waals surface area contributed by atoms with E-state index in [9.17, 15) is 19.2 Å². The van der Waals surface area contributed by atoms with Crippen LogP contribution in [0, 0.1) is 0 Å².